The minimum Gasteiger partial charge on any atom is -0.459 e. The maximum atomic E-state index is 12.9. The molecule has 3 aromatic heterocycles. The topological polar surface area (TPSA) is 94.1 Å². The van der Waals surface area contributed by atoms with E-state index in [-0.39, 0.29) is 23.7 Å². The fourth-order valence-corrected chi connectivity index (χ4v) is 5.52. The lowest BCUT2D eigenvalue weighted by molar-refractivity contribution is 0.0378. The van der Waals surface area contributed by atoms with Crippen molar-refractivity contribution in [3.63, 3.8) is 0 Å². The molecule has 1 N–H and O–H groups in total. The van der Waals surface area contributed by atoms with Crippen molar-refractivity contribution in [2.24, 2.45) is 5.92 Å². The highest BCUT2D eigenvalue weighted by molar-refractivity contribution is 7.17. The number of thiazole rings is 1. The Kier molecular flexibility index (Phi) is 5.92. The molecule has 1 unspecified atom stereocenters. The van der Waals surface area contributed by atoms with Gasteiger partial charge in [0.2, 0.25) is 0 Å². The van der Waals surface area contributed by atoms with Crippen molar-refractivity contribution in [1.82, 2.24) is 15.0 Å². The van der Waals surface area contributed by atoms with E-state index in [4.69, 9.17) is 4.74 Å². The third kappa shape index (κ3) is 4.27. The Morgan fingerprint density at radius 1 is 1.27 bits per heavy atom. The predicted octanol–water partition coefficient (Wildman–Crippen LogP) is 4.60. The smallest absolute Gasteiger partial charge is 0.341 e. The normalized spacial score (nSPS) is 15.7. The van der Waals surface area contributed by atoms with E-state index in [1.54, 1.807) is 23.8 Å². The number of aromatic nitrogens is 3. The molecule has 0 saturated heterocycles. The van der Waals surface area contributed by atoms with Crippen LogP contribution in [0.3, 0.4) is 0 Å². The molecule has 0 saturated carbocycles. The summed E-state index contributed by atoms with van der Waals surface area (Å²) in [7, 11) is 0. The van der Waals surface area contributed by atoms with Crippen LogP contribution in [0.2, 0.25) is 0 Å². The van der Waals surface area contributed by atoms with Gasteiger partial charge in [0.1, 0.15) is 10.7 Å². The number of nitrogens with one attached hydrogen (secondary N) is 1. The molecule has 0 radical (unpaired) electrons. The minimum atomic E-state index is -0.385. The molecule has 0 fully saturated rings. The summed E-state index contributed by atoms with van der Waals surface area (Å²) in [5.41, 5.74) is 1.77. The van der Waals surface area contributed by atoms with Crippen LogP contribution in [0.1, 0.15) is 58.5 Å². The number of anilines is 1. The number of fused-ring (bicyclic) bond motifs is 1. The van der Waals surface area contributed by atoms with Gasteiger partial charge in [-0.05, 0) is 50.7 Å². The lowest BCUT2D eigenvalue weighted by atomic mass is 9.88. The molecule has 0 aromatic carbocycles. The molecule has 4 rings (SSSR count). The number of thiophene rings is 1. The SMILES string of the molecule is CC1CCc2c(sc(NC(=O)c3csc(-c4ncccn4)n3)c2C(=O)OC(C)C)C1. The number of esters is 1. The second-order valence-corrected chi connectivity index (χ2v) is 9.54. The van der Waals surface area contributed by atoms with Gasteiger partial charge in [0, 0.05) is 22.7 Å². The highest BCUT2D eigenvalue weighted by Crippen LogP contribution is 2.40. The third-order valence-electron chi connectivity index (χ3n) is 4.78. The summed E-state index contributed by atoms with van der Waals surface area (Å²) in [5, 5.41) is 5.68. The molecule has 0 aliphatic heterocycles. The zero-order chi connectivity index (χ0) is 21.3. The molecule has 9 heteroatoms. The predicted molar refractivity (Wildman–Crippen MR) is 117 cm³/mol. The Labute approximate surface area is 182 Å². The van der Waals surface area contributed by atoms with Crippen molar-refractivity contribution in [3.8, 4) is 10.8 Å². The van der Waals surface area contributed by atoms with Gasteiger partial charge in [0.15, 0.2) is 10.8 Å². The van der Waals surface area contributed by atoms with Crippen molar-refractivity contribution in [2.45, 2.75) is 46.1 Å². The first kappa shape index (κ1) is 20.6. The van der Waals surface area contributed by atoms with E-state index in [2.05, 4.69) is 27.2 Å². The standard InChI is InChI=1S/C21H22N4O3S2/c1-11(2)28-21(27)16-13-6-5-12(3)9-15(13)30-19(16)25-18(26)14-10-29-20(24-14)17-22-7-4-8-23-17/h4,7-8,10-12H,5-6,9H2,1-3H3,(H,25,26). The number of carbonyl (C=O) groups excluding carboxylic acids is 2. The number of rotatable bonds is 5. The van der Waals surface area contributed by atoms with E-state index in [9.17, 15) is 9.59 Å². The summed E-state index contributed by atoms with van der Waals surface area (Å²) in [6, 6.07) is 1.72. The van der Waals surface area contributed by atoms with Gasteiger partial charge in [0.25, 0.3) is 5.91 Å². The summed E-state index contributed by atoms with van der Waals surface area (Å²) in [6.07, 6.45) is 5.78. The maximum absolute atomic E-state index is 12.9. The summed E-state index contributed by atoms with van der Waals surface area (Å²) in [5.74, 6) is 0.284. The lowest BCUT2D eigenvalue weighted by Crippen LogP contribution is -2.18. The van der Waals surface area contributed by atoms with Crippen LogP contribution in [0.15, 0.2) is 23.8 Å². The Hall–Kier alpha value is -2.65. The van der Waals surface area contributed by atoms with Crippen LogP contribution in [0.4, 0.5) is 5.00 Å². The number of hydrogen-bond donors (Lipinski definition) is 1. The van der Waals surface area contributed by atoms with Crippen molar-refractivity contribution < 1.29 is 14.3 Å². The van der Waals surface area contributed by atoms with Crippen LogP contribution >= 0.6 is 22.7 Å². The first-order chi connectivity index (χ1) is 14.4. The molecule has 1 amide bonds. The fourth-order valence-electron chi connectivity index (χ4n) is 3.39. The van der Waals surface area contributed by atoms with Crippen molar-refractivity contribution in [1.29, 1.82) is 0 Å². The van der Waals surface area contributed by atoms with Crippen LogP contribution in [0.5, 0.6) is 0 Å². The first-order valence-corrected chi connectivity index (χ1v) is 11.5. The van der Waals surface area contributed by atoms with Gasteiger partial charge in [-0.1, -0.05) is 6.92 Å². The summed E-state index contributed by atoms with van der Waals surface area (Å²) >= 11 is 2.77. The van der Waals surface area contributed by atoms with Crippen LogP contribution in [-0.2, 0) is 17.6 Å². The molecule has 1 aliphatic carbocycles. The van der Waals surface area contributed by atoms with Gasteiger partial charge in [-0.2, -0.15) is 0 Å². The number of amides is 1. The second kappa shape index (κ2) is 8.61. The first-order valence-electron chi connectivity index (χ1n) is 9.82. The number of ether oxygens (including phenoxy) is 1. The van der Waals surface area contributed by atoms with Gasteiger partial charge in [-0.15, -0.1) is 22.7 Å². The highest BCUT2D eigenvalue weighted by Gasteiger charge is 2.30. The second-order valence-electron chi connectivity index (χ2n) is 7.57. The van der Waals surface area contributed by atoms with Crippen molar-refractivity contribution >= 4 is 39.6 Å². The molecular formula is C21H22N4O3S2. The Bertz CT molecular complexity index is 1080. The Morgan fingerprint density at radius 2 is 2.03 bits per heavy atom. The van der Waals surface area contributed by atoms with Crippen LogP contribution in [0.25, 0.3) is 10.8 Å². The minimum absolute atomic E-state index is 0.230. The van der Waals surface area contributed by atoms with E-state index < -0.39 is 0 Å². The van der Waals surface area contributed by atoms with Crippen molar-refractivity contribution in [2.75, 3.05) is 5.32 Å². The van der Waals surface area contributed by atoms with Gasteiger partial charge >= 0.3 is 5.97 Å². The average molecular weight is 443 g/mol. The molecule has 7 nitrogen and oxygen atoms in total. The number of nitrogens with zero attached hydrogens (tertiary/aromatic N) is 3. The van der Waals surface area contributed by atoms with Crippen LogP contribution in [-0.4, -0.2) is 32.9 Å². The highest BCUT2D eigenvalue weighted by atomic mass is 32.1. The van der Waals surface area contributed by atoms with Gasteiger partial charge in [-0.25, -0.2) is 19.7 Å². The third-order valence-corrected chi connectivity index (χ3v) is 6.79. The van der Waals surface area contributed by atoms with E-state index in [0.717, 1.165) is 29.7 Å². The Morgan fingerprint density at radius 3 is 2.77 bits per heavy atom. The summed E-state index contributed by atoms with van der Waals surface area (Å²) in [4.78, 5) is 39.5. The average Bonchev–Trinajstić information content (AvgIpc) is 3.32. The van der Waals surface area contributed by atoms with E-state index in [0.29, 0.717) is 27.3 Å². The quantitative estimate of drug-likeness (QED) is 0.580. The van der Waals surface area contributed by atoms with Crippen molar-refractivity contribution in [3.05, 3.63) is 45.5 Å². The molecule has 0 spiro atoms. The maximum Gasteiger partial charge on any atom is 0.341 e. The molecule has 156 valence electrons. The van der Waals surface area contributed by atoms with E-state index >= 15 is 0 Å². The molecule has 3 aromatic rings. The molecule has 30 heavy (non-hydrogen) atoms. The Balaban J connectivity index is 1.62. The van der Waals surface area contributed by atoms with E-state index in [1.165, 1.54) is 22.7 Å². The fraction of sp³-hybridized carbons (Fsp3) is 0.381. The summed E-state index contributed by atoms with van der Waals surface area (Å²) < 4.78 is 5.46. The monoisotopic (exact) mass is 442 g/mol. The largest absolute Gasteiger partial charge is 0.459 e. The number of hydrogen-bond acceptors (Lipinski definition) is 8. The van der Waals surface area contributed by atoms with Crippen LogP contribution < -0.4 is 5.32 Å². The zero-order valence-corrected chi connectivity index (χ0v) is 18.6. The molecular weight excluding hydrogens is 420 g/mol. The van der Waals surface area contributed by atoms with Gasteiger partial charge in [-0.3, -0.25) is 4.79 Å². The molecule has 1 aliphatic rings. The van der Waals surface area contributed by atoms with E-state index in [1.807, 2.05) is 13.8 Å². The number of carbonyl (C=O) groups is 2. The molecule has 0 bridgehead atoms. The van der Waals surface area contributed by atoms with Gasteiger partial charge in [0.05, 0.1) is 11.7 Å². The van der Waals surface area contributed by atoms with Gasteiger partial charge < -0.3 is 10.1 Å². The molecule has 3 heterocycles. The van der Waals surface area contributed by atoms with Crippen LogP contribution in [0, 0.1) is 5.92 Å². The zero-order valence-electron chi connectivity index (χ0n) is 17.0. The molecule has 1 atom stereocenters. The lowest BCUT2D eigenvalue weighted by Gasteiger charge is -2.18. The summed E-state index contributed by atoms with van der Waals surface area (Å²) in [6.45, 7) is 5.84.